The molecule has 11 heteroatoms. The van der Waals surface area contributed by atoms with Crippen LogP contribution in [0.4, 0.5) is 11.4 Å². The molecule has 0 radical (unpaired) electrons. The van der Waals surface area contributed by atoms with Crippen LogP contribution < -0.4 is 9.80 Å². The molecule has 2 aromatic carbocycles. The van der Waals surface area contributed by atoms with Crippen LogP contribution in [0.3, 0.4) is 0 Å². The summed E-state index contributed by atoms with van der Waals surface area (Å²) in [4.78, 5) is 18.4. The quantitative estimate of drug-likeness (QED) is 0.138. The summed E-state index contributed by atoms with van der Waals surface area (Å²) in [5, 5.41) is 0. The molecule has 0 N–H and O–H groups in total. The molecule has 2 aromatic rings. The standard InChI is InChI=1S/C36H56N2O9/c1-36(2)33-27-29(37(11-15-44-23-19-40-3)12-16-45-24-20-41-4)7-9-31(33)35(39)32-10-8-30(28-34(32)36)38(13-17-46-25-21-42-5)14-18-47-26-22-43-6/h7-10,27-28H,11-26H2,1-6H3. The summed E-state index contributed by atoms with van der Waals surface area (Å²) < 4.78 is 43.7. The van der Waals surface area contributed by atoms with Crippen molar-refractivity contribution in [3.05, 3.63) is 58.7 Å². The van der Waals surface area contributed by atoms with Crippen molar-refractivity contribution in [3.8, 4) is 0 Å². The van der Waals surface area contributed by atoms with Crippen LogP contribution >= 0.6 is 0 Å². The lowest BCUT2D eigenvalue weighted by molar-refractivity contribution is 0.0677. The first-order valence-corrected chi connectivity index (χ1v) is 16.5. The summed E-state index contributed by atoms with van der Waals surface area (Å²) in [7, 11) is 6.67. The zero-order valence-electron chi connectivity index (χ0n) is 29.3. The topological polar surface area (TPSA) is 97.4 Å². The number of methoxy groups -OCH3 is 4. The highest BCUT2D eigenvalue weighted by Gasteiger charge is 2.37. The van der Waals surface area contributed by atoms with E-state index in [0.29, 0.717) is 105 Å². The summed E-state index contributed by atoms with van der Waals surface area (Å²) >= 11 is 0. The molecule has 0 bridgehead atoms. The monoisotopic (exact) mass is 660 g/mol. The molecule has 0 saturated heterocycles. The number of carbonyl (C=O) groups is 1. The van der Waals surface area contributed by atoms with Gasteiger partial charge in [0.1, 0.15) is 0 Å². The second kappa shape index (κ2) is 21.4. The summed E-state index contributed by atoms with van der Waals surface area (Å²) in [5.41, 5.74) is 5.12. The van der Waals surface area contributed by atoms with E-state index in [1.165, 1.54) is 0 Å². The maximum Gasteiger partial charge on any atom is 0.193 e. The minimum Gasteiger partial charge on any atom is -0.382 e. The Labute approximate surface area is 281 Å². The Bertz CT molecular complexity index is 1080. The summed E-state index contributed by atoms with van der Waals surface area (Å²) in [5.74, 6) is 0.0436. The fraction of sp³-hybridized carbons (Fsp3) is 0.639. The molecule has 1 aliphatic carbocycles. The van der Waals surface area contributed by atoms with Crippen molar-refractivity contribution >= 4 is 17.2 Å². The van der Waals surface area contributed by atoms with Crippen LogP contribution in [0.1, 0.15) is 40.9 Å². The smallest absolute Gasteiger partial charge is 0.193 e. The van der Waals surface area contributed by atoms with E-state index in [0.717, 1.165) is 33.6 Å². The highest BCUT2D eigenvalue weighted by Crippen LogP contribution is 2.44. The van der Waals surface area contributed by atoms with Crippen molar-refractivity contribution in [1.29, 1.82) is 0 Å². The van der Waals surface area contributed by atoms with Crippen LogP contribution in [0.25, 0.3) is 0 Å². The Morgan fingerprint density at radius 2 is 0.809 bits per heavy atom. The number of anilines is 2. The summed E-state index contributed by atoms with van der Waals surface area (Å²) in [6.45, 7) is 13.7. The minimum atomic E-state index is -0.421. The lowest BCUT2D eigenvalue weighted by atomic mass is 9.68. The number of ether oxygens (including phenoxy) is 8. The zero-order chi connectivity index (χ0) is 33.9. The fourth-order valence-corrected chi connectivity index (χ4v) is 5.59. The average Bonchev–Trinajstić information content (AvgIpc) is 3.08. The molecule has 0 atom stereocenters. The van der Waals surface area contributed by atoms with Crippen LogP contribution in [0.2, 0.25) is 0 Å². The Hall–Kier alpha value is -2.61. The van der Waals surface area contributed by atoms with E-state index in [1.54, 1.807) is 28.4 Å². The molecule has 3 rings (SSSR count). The average molecular weight is 661 g/mol. The molecule has 0 aromatic heterocycles. The Kier molecular flexibility index (Phi) is 17.7. The van der Waals surface area contributed by atoms with Gasteiger partial charge in [-0.15, -0.1) is 0 Å². The van der Waals surface area contributed by atoms with Crippen LogP contribution in [0, 0.1) is 0 Å². The van der Waals surface area contributed by atoms with Gasteiger partial charge in [-0.25, -0.2) is 0 Å². The number of ketones is 1. The van der Waals surface area contributed by atoms with E-state index < -0.39 is 5.41 Å². The third-order valence-electron chi connectivity index (χ3n) is 8.32. The van der Waals surface area contributed by atoms with Gasteiger partial charge in [-0.05, 0) is 47.5 Å². The molecule has 0 heterocycles. The second-order valence-corrected chi connectivity index (χ2v) is 11.8. The first kappa shape index (κ1) is 38.8. The zero-order valence-corrected chi connectivity index (χ0v) is 29.3. The number of carbonyl (C=O) groups excluding carboxylic acids is 1. The molecule has 0 unspecified atom stereocenters. The van der Waals surface area contributed by atoms with Crippen molar-refractivity contribution in [2.45, 2.75) is 19.3 Å². The van der Waals surface area contributed by atoms with Gasteiger partial charge in [0.25, 0.3) is 0 Å². The molecule has 1 aliphatic rings. The maximum atomic E-state index is 13.9. The van der Waals surface area contributed by atoms with Gasteiger partial charge in [0.2, 0.25) is 0 Å². The van der Waals surface area contributed by atoms with E-state index in [2.05, 4.69) is 35.8 Å². The predicted octanol–water partition coefficient (Wildman–Crippen LogP) is 3.82. The number of nitrogens with zero attached hydrogens (tertiary/aromatic N) is 2. The normalized spacial score (nSPS) is 13.4. The lowest BCUT2D eigenvalue weighted by Gasteiger charge is -2.37. The molecular formula is C36H56N2O9. The maximum absolute atomic E-state index is 13.9. The summed E-state index contributed by atoms with van der Waals surface area (Å²) in [6.07, 6.45) is 0. The van der Waals surface area contributed by atoms with E-state index >= 15 is 0 Å². The first-order chi connectivity index (χ1) is 22.9. The number of benzene rings is 2. The Balaban J connectivity index is 1.86. The molecular weight excluding hydrogens is 604 g/mol. The molecule has 264 valence electrons. The number of rotatable bonds is 26. The summed E-state index contributed by atoms with van der Waals surface area (Å²) in [6, 6.07) is 12.3. The molecule has 0 fully saturated rings. The van der Waals surface area contributed by atoms with Gasteiger partial charge in [-0.1, -0.05) is 13.8 Å². The Morgan fingerprint density at radius 1 is 0.489 bits per heavy atom. The number of hydrogen-bond donors (Lipinski definition) is 0. The predicted molar refractivity (Wildman–Crippen MR) is 184 cm³/mol. The highest BCUT2D eigenvalue weighted by atomic mass is 16.5. The molecule has 0 saturated carbocycles. The van der Waals surface area contributed by atoms with Gasteiger partial charge in [0.15, 0.2) is 5.78 Å². The van der Waals surface area contributed by atoms with Gasteiger partial charge in [-0.2, -0.15) is 0 Å². The fourth-order valence-electron chi connectivity index (χ4n) is 5.59. The van der Waals surface area contributed by atoms with Crippen molar-refractivity contribution < 1.29 is 42.7 Å². The van der Waals surface area contributed by atoms with Crippen LogP contribution in [0.15, 0.2) is 36.4 Å². The molecule has 11 nitrogen and oxygen atoms in total. The SMILES string of the molecule is COCCOCCN(CCOCCOC)c1ccc2c(c1)C(C)(C)c1cc(N(CCOCCOC)CCOCCOC)ccc1C2=O. The molecule has 0 spiro atoms. The lowest BCUT2D eigenvalue weighted by Crippen LogP contribution is -2.35. The van der Waals surface area contributed by atoms with Crippen LogP contribution in [-0.4, -0.2) is 140 Å². The van der Waals surface area contributed by atoms with Gasteiger partial charge in [0, 0.05) is 82.5 Å². The van der Waals surface area contributed by atoms with Gasteiger partial charge in [-0.3, -0.25) is 4.79 Å². The van der Waals surface area contributed by atoms with Crippen molar-refractivity contribution in [2.24, 2.45) is 0 Å². The highest BCUT2D eigenvalue weighted by molar-refractivity contribution is 6.13. The van der Waals surface area contributed by atoms with Crippen molar-refractivity contribution in [1.82, 2.24) is 0 Å². The van der Waals surface area contributed by atoms with Crippen LogP contribution in [-0.2, 0) is 43.3 Å². The number of fused-ring (bicyclic) bond motifs is 2. The van der Waals surface area contributed by atoms with E-state index in [1.807, 2.05) is 24.3 Å². The second-order valence-electron chi connectivity index (χ2n) is 11.8. The van der Waals surface area contributed by atoms with Crippen LogP contribution in [0.5, 0.6) is 0 Å². The number of hydrogen-bond acceptors (Lipinski definition) is 11. The van der Waals surface area contributed by atoms with E-state index in [9.17, 15) is 4.79 Å². The third-order valence-corrected chi connectivity index (χ3v) is 8.32. The largest absolute Gasteiger partial charge is 0.382 e. The van der Waals surface area contributed by atoms with E-state index in [4.69, 9.17) is 37.9 Å². The van der Waals surface area contributed by atoms with Crippen molar-refractivity contribution in [3.63, 3.8) is 0 Å². The Morgan fingerprint density at radius 3 is 1.11 bits per heavy atom. The van der Waals surface area contributed by atoms with Crippen molar-refractivity contribution in [2.75, 3.05) is 144 Å². The molecule has 0 amide bonds. The van der Waals surface area contributed by atoms with Gasteiger partial charge >= 0.3 is 0 Å². The molecule has 0 aliphatic heterocycles. The van der Waals surface area contributed by atoms with E-state index in [-0.39, 0.29) is 5.78 Å². The van der Waals surface area contributed by atoms with Gasteiger partial charge in [0.05, 0.1) is 79.3 Å². The van der Waals surface area contributed by atoms with Gasteiger partial charge < -0.3 is 47.7 Å². The molecule has 47 heavy (non-hydrogen) atoms. The third kappa shape index (κ3) is 11.8. The first-order valence-electron chi connectivity index (χ1n) is 16.5. The minimum absolute atomic E-state index is 0.0436.